The third-order valence-corrected chi connectivity index (χ3v) is 4.13. The van der Waals surface area contributed by atoms with Crippen LogP contribution in [0.2, 0.25) is 0 Å². The molecule has 1 amide bonds. The largest absolute Gasteiger partial charge is 0.478 e. The van der Waals surface area contributed by atoms with Gasteiger partial charge in [0.1, 0.15) is 5.60 Å². The molecule has 2 rings (SSSR count). The molecule has 1 aromatic carbocycles. The maximum atomic E-state index is 12.2. The van der Waals surface area contributed by atoms with E-state index in [9.17, 15) is 14.7 Å². The molecule has 0 aliphatic rings. The van der Waals surface area contributed by atoms with Crippen LogP contribution in [0.25, 0.3) is 11.1 Å². The van der Waals surface area contributed by atoms with Crippen LogP contribution in [0.4, 0.5) is 4.79 Å². The zero-order chi connectivity index (χ0) is 20.4. The molecule has 1 atom stereocenters. The summed E-state index contributed by atoms with van der Waals surface area (Å²) in [6.07, 6.45) is -0.578. The number of carbonyl (C=O) groups is 2. The number of carboxylic acid groups (broad SMARTS) is 1. The monoisotopic (exact) mass is 370 g/mol. The molecule has 6 nitrogen and oxygen atoms in total. The standard InChI is InChI=1S/C21H26N2O4/c1-12-13(2)22-18(14(3)23-20(26)27-21(4,5)6)17(16(12)19(24)25)15-10-8-7-9-11-15/h7-11,14H,1-6H3,(H,23,26)(H,24,25). The first-order valence-electron chi connectivity index (χ1n) is 8.80. The van der Waals surface area contributed by atoms with Crippen molar-refractivity contribution in [3.63, 3.8) is 0 Å². The predicted octanol–water partition coefficient (Wildman–Crippen LogP) is 4.65. The summed E-state index contributed by atoms with van der Waals surface area (Å²) in [6.45, 7) is 10.6. The summed E-state index contributed by atoms with van der Waals surface area (Å²) in [7, 11) is 0. The number of ether oxygens (including phenoxy) is 1. The van der Waals surface area contributed by atoms with E-state index in [2.05, 4.69) is 10.3 Å². The van der Waals surface area contributed by atoms with E-state index in [1.165, 1.54) is 0 Å². The molecular formula is C21H26N2O4. The van der Waals surface area contributed by atoms with Crippen LogP contribution < -0.4 is 5.32 Å². The lowest BCUT2D eigenvalue weighted by Crippen LogP contribution is -2.34. The summed E-state index contributed by atoms with van der Waals surface area (Å²) in [5.74, 6) is -1.03. The van der Waals surface area contributed by atoms with E-state index in [4.69, 9.17) is 4.74 Å². The molecule has 0 spiro atoms. The van der Waals surface area contributed by atoms with Gasteiger partial charge in [0.2, 0.25) is 0 Å². The number of benzene rings is 1. The maximum absolute atomic E-state index is 12.2. The van der Waals surface area contributed by atoms with Crippen LogP contribution in [0.3, 0.4) is 0 Å². The van der Waals surface area contributed by atoms with Crippen molar-refractivity contribution < 1.29 is 19.4 Å². The number of pyridine rings is 1. The van der Waals surface area contributed by atoms with Crippen molar-refractivity contribution in [1.82, 2.24) is 10.3 Å². The number of aromatic carboxylic acids is 1. The quantitative estimate of drug-likeness (QED) is 0.818. The lowest BCUT2D eigenvalue weighted by molar-refractivity contribution is 0.0506. The highest BCUT2D eigenvalue weighted by Crippen LogP contribution is 2.33. The molecule has 144 valence electrons. The minimum absolute atomic E-state index is 0.196. The molecule has 2 N–H and O–H groups in total. The smallest absolute Gasteiger partial charge is 0.408 e. The minimum atomic E-state index is -1.03. The van der Waals surface area contributed by atoms with Gasteiger partial charge in [-0.3, -0.25) is 4.98 Å². The van der Waals surface area contributed by atoms with Crippen molar-refractivity contribution in [1.29, 1.82) is 0 Å². The van der Waals surface area contributed by atoms with Gasteiger partial charge in [0.05, 0.1) is 17.3 Å². The van der Waals surface area contributed by atoms with E-state index in [0.29, 0.717) is 22.5 Å². The van der Waals surface area contributed by atoms with Crippen LogP contribution >= 0.6 is 0 Å². The van der Waals surface area contributed by atoms with Crippen LogP contribution in [-0.4, -0.2) is 27.8 Å². The van der Waals surface area contributed by atoms with Gasteiger partial charge in [0, 0.05) is 11.3 Å². The molecule has 0 aliphatic carbocycles. The van der Waals surface area contributed by atoms with Crippen molar-refractivity contribution in [2.45, 2.75) is 53.2 Å². The zero-order valence-electron chi connectivity index (χ0n) is 16.6. The summed E-state index contributed by atoms with van der Waals surface area (Å²) in [5, 5.41) is 12.6. The van der Waals surface area contributed by atoms with E-state index in [-0.39, 0.29) is 5.56 Å². The Balaban J connectivity index is 2.58. The average molecular weight is 370 g/mol. The average Bonchev–Trinajstić information content (AvgIpc) is 2.55. The van der Waals surface area contributed by atoms with Gasteiger partial charge in [-0.25, -0.2) is 9.59 Å². The number of aromatic nitrogens is 1. The highest BCUT2D eigenvalue weighted by Gasteiger charge is 2.26. The van der Waals surface area contributed by atoms with Crippen molar-refractivity contribution in [2.75, 3.05) is 0 Å². The second-order valence-corrected chi connectivity index (χ2v) is 7.50. The molecular weight excluding hydrogens is 344 g/mol. The lowest BCUT2D eigenvalue weighted by Gasteiger charge is -2.24. The van der Waals surface area contributed by atoms with Gasteiger partial charge in [-0.1, -0.05) is 30.3 Å². The van der Waals surface area contributed by atoms with E-state index in [0.717, 1.165) is 5.56 Å². The highest BCUT2D eigenvalue weighted by molar-refractivity contribution is 5.98. The number of carbonyl (C=O) groups excluding carboxylic acids is 1. The number of rotatable bonds is 4. The fraction of sp³-hybridized carbons (Fsp3) is 0.381. The minimum Gasteiger partial charge on any atom is -0.478 e. The number of aryl methyl sites for hydroxylation is 1. The Hall–Kier alpha value is -2.89. The van der Waals surface area contributed by atoms with Crippen molar-refractivity contribution in [3.05, 3.63) is 52.8 Å². The summed E-state index contributed by atoms with van der Waals surface area (Å²) in [6, 6.07) is 8.68. The van der Waals surface area contributed by atoms with Gasteiger partial charge in [-0.15, -0.1) is 0 Å². The Morgan fingerprint density at radius 1 is 1.15 bits per heavy atom. The molecule has 0 saturated heterocycles. The number of nitrogens with zero attached hydrogens (tertiary/aromatic N) is 1. The van der Waals surface area contributed by atoms with Gasteiger partial charge >= 0.3 is 12.1 Å². The molecule has 1 heterocycles. The Kier molecular flexibility index (Phi) is 5.88. The second-order valence-electron chi connectivity index (χ2n) is 7.50. The van der Waals surface area contributed by atoms with E-state index < -0.39 is 23.7 Å². The molecule has 27 heavy (non-hydrogen) atoms. The number of carboxylic acids is 1. The Morgan fingerprint density at radius 2 is 1.74 bits per heavy atom. The molecule has 2 aromatic rings. The first-order chi connectivity index (χ1) is 12.5. The zero-order valence-corrected chi connectivity index (χ0v) is 16.6. The number of amides is 1. The molecule has 0 saturated carbocycles. The molecule has 0 bridgehead atoms. The van der Waals surface area contributed by atoms with E-state index in [1.54, 1.807) is 41.5 Å². The molecule has 1 unspecified atom stereocenters. The molecule has 1 aromatic heterocycles. The topological polar surface area (TPSA) is 88.5 Å². The first kappa shape index (κ1) is 20.4. The van der Waals surface area contributed by atoms with E-state index >= 15 is 0 Å². The normalized spacial score (nSPS) is 12.4. The van der Waals surface area contributed by atoms with Crippen LogP contribution in [0.15, 0.2) is 30.3 Å². The molecule has 6 heteroatoms. The van der Waals surface area contributed by atoms with Gasteiger partial charge < -0.3 is 15.2 Å². The summed E-state index contributed by atoms with van der Waals surface area (Å²) in [5.41, 5.74) is 2.52. The van der Waals surface area contributed by atoms with Crippen LogP contribution in [0.5, 0.6) is 0 Å². The summed E-state index contributed by atoms with van der Waals surface area (Å²) < 4.78 is 5.31. The van der Waals surface area contributed by atoms with Crippen LogP contribution in [-0.2, 0) is 4.74 Å². The second kappa shape index (κ2) is 7.78. The van der Waals surface area contributed by atoms with Crippen molar-refractivity contribution in [2.24, 2.45) is 0 Å². The van der Waals surface area contributed by atoms with Crippen LogP contribution in [0.1, 0.15) is 61.0 Å². The molecule has 0 aliphatic heterocycles. The number of alkyl carbamates (subject to hydrolysis) is 1. The molecule has 0 radical (unpaired) electrons. The van der Waals surface area contributed by atoms with Gasteiger partial charge in [0.25, 0.3) is 0 Å². The summed E-state index contributed by atoms with van der Waals surface area (Å²) >= 11 is 0. The Morgan fingerprint density at radius 3 is 2.26 bits per heavy atom. The number of hydrogen-bond acceptors (Lipinski definition) is 4. The third-order valence-electron chi connectivity index (χ3n) is 4.13. The lowest BCUT2D eigenvalue weighted by atomic mass is 9.91. The number of hydrogen-bond donors (Lipinski definition) is 2. The van der Waals surface area contributed by atoms with Crippen LogP contribution in [0, 0.1) is 13.8 Å². The SMILES string of the molecule is Cc1nc(C(C)NC(=O)OC(C)(C)C)c(-c2ccccc2)c(C(=O)O)c1C. The Labute approximate surface area is 159 Å². The van der Waals surface area contributed by atoms with Gasteiger partial charge in [-0.2, -0.15) is 0 Å². The fourth-order valence-electron chi connectivity index (χ4n) is 2.85. The predicted molar refractivity (Wildman–Crippen MR) is 104 cm³/mol. The Bertz CT molecular complexity index is 855. The highest BCUT2D eigenvalue weighted by atomic mass is 16.6. The van der Waals surface area contributed by atoms with Crippen molar-refractivity contribution >= 4 is 12.1 Å². The van der Waals surface area contributed by atoms with Gasteiger partial charge in [0.15, 0.2) is 0 Å². The van der Waals surface area contributed by atoms with Gasteiger partial charge in [-0.05, 0) is 52.7 Å². The van der Waals surface area contributed by atoms with Crippen molar-refractivity contribution in [3.8, 4) is 11.1 Å². The maximum Gasteiger partial charge on any atom is 0.408 e. The third kappa shape index (κ3) is 4.84. The van der Waals surface area contributed by atoms with E-state index in [1.807, 2.05) is 30.3 Å². The fourth-order valence-corrected chi connectivity index (χ4v) is 2.85. The summed E-state index contributed by atoms with van der Waals surface area (Å²) in [4.78, 5) is 28.8. The molecule has 0 fully saturated rings. The first-order valence-corrected chi connectivity index (χ1v) is 8.80. The number of nitrogens with one attached hydrogen (secondary N) is 1.